The molecule has 0 aliphatic carbocycles. The van der Waals surface area contributed by atoms with Crippen molar-refractivity contribution in [3.8, 4) is 0 Å². The van der Waals surface area contributed by atoms with Crippen LogP contribution < -0.4 is 5.73 Å². The third-order valence-corrected chi connectivity index (χ3v) is 4.92. The summed E-state index contributed by atoms with van der Waals surface area (Å²) in [7, 11) is -3.11. The highest BCUT2D eigenvalue weighted by atomic mass is 32.2. The molecule has 0 saturated carbocycles. The summed E-state index contributed by atoms with van der Waals surface area (Å²) in [6, 6.07) is -0.188. The van der Waals surface area contributed by atoms with Gasteiger partial charge in [-0.05, 0) is 5.92 Å². The summed E-state index contributed by atoms with van der Waals surface area (Å²) in [5.74, 6) is 0.287. The Labute approximate surface area is 110 Å². The molecule has 0 bridgehead atoms. The fourth-order valence-electron chi connectivity index (χ4n) is 2.29. The maximum atomic E-state index is 11.4. The minimum Gasteiger partial charge on any atom is -0.395 e. The van der Waals surface area contributed by atoms with E-state index >= 15 is 0 Å². The second-order valence-electron chi connectivity index (χ2n) is 5.27. The van der Waals surface area contributed by atoms with Crippen LogP contribution in [0.25, 0.3) is 0 Å². The van der Waals surface area contributed by atoms with Gasteiger partial charge < -0.3 is 10.8 Å². The van der Waals surface area contributed by atoms with Crippen molar-refractivity contribution in [1.82, 2.24) is 9.21 Å². The van der Waals surface area contributed by atoms with Crippen LogP contribution >= 0.6 is 0 Å². The SMILES string of the molecule is CC(C)C(N)C(CO)N1CCN(S(C)(=O)=O)CC1. The van der Waals surface area contributed by atoms with Crippen LogP contribution in [-0.2, 0) is 10.0 Å². The number of sulfonamides is 1. The van der Waals surface area contributed by atoms with Crippen LogP contribution in [0.2, 0.25) is 0 Å². The van der Waals surface area contributed by atoms with Gasteiger partial charge in [-0.1, -0.05) is 13.8 Å². The first-order valence-corrected chi connectivity index (χ1v) is 8.17. The molecule has 1 aliphatic heterocycles. The van der Waals surface area contributed by atoms with Gasteiger partial charge in [0.05, 0.1) is 12.9 Å². The average molecular weight is 279 g/mol. The first kappa shape index (κ1) is 15.8. The Kier molecular flexibility index (Phi) is 5.54. The van der Waals surface area contributed by atoms with Crippen LogP contribution in [-0.4, -0.2) is 73.9 Å². The highest BCUT2D eigenvalue weighted by Crippen LogP contribution is 2.14. The number of aliphatic hydroxyl groups excluding tert-OH is 1. The third kappa shape index (κ3) is 3.89. The van der Waals surface area contributed by atoms with Crippen LogP contribution in [0.4, 0.5) is 0 Å². The van der Waals surface area contributed by atoms with E-state index in [0.29, 0.717) is 26.2 Å². The van der Waals surface area contributed by atoms with Gasteiger partial charge in [-0.15, -0.1) is 0 Å². The molecular weight excluding hydrogens is 254 g/mol. The molecule has 7 heteroatoms. The van der Waals surface area contributed by atoms with E-state index in [0.717, 1.165) is 0 Å². The number of hydrogen-bond donors (Lipinski definition) is 2. The van der Waals surface area contributed by atoms with Gasteiger partial charge in [-0.2, -0.15) is 4.31 Å². The van der Waals surface area contributed by atoms with E-state index in [2.05, 4.69) is 4.90 Å². The lowest BCUT2D eigenvalue weighted by Crippen LogP contribution is -2.58. The highest BCUT2D eigenvalue weighted by Gasteiger charge is 2.31. The number of hydrogen-bond acceptors (Lipinski definition) is 5. The number of nitrogens with two attached hydrogens (primary N) is 1. The fourth-order valence-corrected chi connectivity index (χ4v) is 3.12. The Morgan fingerprint density at radius 1 is 1.22 bits per heavy atom. The molecule has 0 amide bonds. The maximum Gasteiger partial charge on any atom is 0.211 e. The summed E-state index contributed by atoms with van der Waals surface area (Å²) in [6.07, 6.45) is 1.23. The van der Waals surface area contributed by atoms with E-state index in [1.54, 1.807) is 0 Å². The molecule has 108 valence electrons. The zero-order chi connectivity index (χ0) is 13.9. The molecule has 0 aromatic rings. The Bertz CT molecular complexity index is 351. The lowest BCUT2D eigenvalue weighted by atomic mass is 9.96. The highest BCUT2D eigenvalue weighted by molar-refractivity contribution is 7.88. The molecule has 18 heavy (non-hydrogen) atoms. The molecule has 1 heterocycles. The van der Waals surface area contributed by atoms with Crippen molar-refractivity contribution in [3.63, 3.8) is 0 Å². The Morgan fingerprint density at radius 2 is 1.72 bits per heavy atom. The van der Waals surface area contributed by atoms with Crippen molar-refractivity contribution in [1.29, 1.82) is 0 Å². The van der Waals surface area contributed by atoms with Crippen molar-refractivity contribution in [3.05, 3.63) is 0 Å². The molecule has 1 saturated heterocycles. The van der Waals surface area contributed by atoms with Gasteiger partial charge in [0.15, 0.2) is 0 Å². The van der Waals surface area contributed by atoms with E-state index < -0.39 is 10.0 Å². The van der Waals surface area contributed by atoms with Crippen LogP contribution in [0.3, 0.4) is 0 Å². The van der Waals surface area contributed by atoms with Gasteiger partial charge >= 0.3 is 0 Å². The second-order valence-corrected chi connectivity index (χ2v) is 7.25. The molecule has 2 atom stereocenters. The quantitative estimate of drug-likeness (QED) is 0.668. The van der Waals surface area contributed by atoms with E-state index in [1.807, 2.05) is 13.8 Å². The number of aliphatic hydroxyl groups is 1. The van der Waals surface area contributed by atoms with Crippen LogP contribution in [0.15, 0.2) is 0 Å². The minimum atomic E-state index is -3.11. The first-order chi connectivity index (χ1) is 8.27. The number of piperazine rings is 1. The molecule has 1 aliphatic rings. The fraction of sp³-hybridized carbons (Fsp3) is 1.00. The average Bonchev–Trinajstić information content (AvgIpc) is 2.29. The van der Waals surface area contributed by atoms with Crippen LogP contribution in [0.5, 0.6) is 0 Å². The smallest absolute Gasteiger partial charge is 0.211 e. The molecule has 0 aromatic heterocycles. The summed E-state index contributed by atoms with van der Waals surface area (Å²) in [6.45, 7) is 6.26. The summed E-state index contributed by atoms with van der Waals surface area (Å²) < 4.78 is 24.3. The lowest BCUT2D eigenvalue weighted by molar-refractivity contribution is 0.0657. The van der Waals surface area contributed by atoms with Crippen molar-refractivity contribution in [2.24, 2.45) is 11.7 Å². The van der Waals surface area contributed by atoms with Crippen molar-refractivity contribution in [2.75, 3.05) is 39.0 Å². The summed E-state index contributed by atoms with van der Waals surface area (Å²) in [5, 5.41) is 9.47. The van der Waals surface area contributed by atoms with Gasteiger partial charge in [0.1, 0.15) is 0 Å². The zero-order valence-corrected chi connectivity index (χ0v) is 12.2. The van der Waals surface area contributed by atoms with E-state index in [-0.39, 0.29) is 24.6 Å². The molecule has 1 rings (SSSR count). The minimum absolute atomic E-state index is 0.0121. The Hall–Kier alpha value is -0.210. The molecule has 3 N–H and O–H groups in total. The zero-order valence-electron chi connectivity index (χ0n) is 11.4. The largest absolute Gasteiger partial charge is 0.395 e. The predicted molar refractivity (Wildman–Crippen MR) is 71.7 cm³/mol. The van der Waals surface area contributed by atoms with E-state index in [4.69, 9.17) is 5.73 Å². The lowest BCUT2D eigenvalue weighted by Gasteiger charge is -2.40. The topological polar surface area (TPSA) is 86.9 Å². The normalized spacial score (nSPS) is 23.2. The van der Waals surface area contributed by atoms with Gasteiger partial charge in [0.2, 0.25) is 10.0 Å². The van der Waals surface area contributed by atoms with Gasteiger partial charge in [-0.25, -0.2) is 8.42 Å². The van der Waals surface area contributed by atoms with E-state index in [9.17, 15) is 13.5 Å². The molecule has 0 aromatic carbocycles. The molecule has 0 radical (unpaired) electrons. The number of rotatable bonds is 5. The number of nitrogens with zero attached hydrogens (tertiary/aromatic N) is 2. The van der Waals surface area contributed by atoms with E-state index in [1.165, 1.54) is 10.6 Å². The maximum absolute atomic E-state index is 11.4. The van der Waals surface area contributed by atoms with Gasteiger partial charge in [-0.3, -0.25) is 4.90 Å². The summed E-state index contributed by atoms with van der Waals surface area (Å²) in [5.41, 5.74) is 6.09. The van der Waals surface area contributed by atoms with Crippen molar-refractivity contribution in [2.45, 2.75) is 25.9 Å². The van der Waals surface area contributed by atoms with Gasteiger partial charge in [0, 0.05) is 38.3 Å². The Balaban J connectivity index is 2.61. The molecule has 2 unspecified atom stereocenters. The molecule has 0 spiro atoms. The second kappa shape index (κ2) is 6.29. The monoisotopic (exact) mass is 279 g/mol. The van der Waals surface area contributed by atoms with Crippen molar-refractivity contribution >= 4 is 10.0 Å². The third-order valence-electron chi connectivity index (χ3n) is 3.61. The molecule has 6 nitrogen and oxygen atoms in total. The van der Waals surface area contributed by atoms with Crippen LogP contribution in [0, 0.1) is 5.92 Å². The van der Waals surface area contributed by atoms with Gasteiger partial charge in [0.25, 0.3) is 0 Å². The summed E-state index contributed by atoms with van der Waals surface area (Å²) in [4.78, 5) is 2.09. The standard InChI is InChI=1S/C11H25N3O3S/c1-9(2)11(12)10(8-15)13-4-6-14(7-5-13)18(3,16)17/h9-11,15H,4-8,12H2,1-3H3. The first-order valence-electron chi connectivity index (χ1n) is 6.33. The van der Waals surface area contributed by atoms with Crippen LogP contribution in [0.1, 0.15) is 13.8 Å². The molecule has 1 fully saturated rings. The predicted octanol–water partition coefficient (Wildman–Crippen LogP) is -1.09. The summed E-state index contributed by atoms with van der Waals surface area (Å²) >= 11 is 0. The van der Waals surface area contributed by atoms with Crippen molar-refractivity contribution < 1.29 is 13.5 Å². The molecular formula is C11H25N3O3S. The Morgan fingerprint density at radius 3 is 2.06 bits per heavy atom.